The highest BCUT2D eigenvalue weighted by atomic mass is 19.1. The van der Waals surface area contributed by atoms with Crippen molar-refractivity contribution in [3.8, 4) is 0 Å². The van der Waals surface area contributed by atoms with E-state index in [9.17, 15) is 9.18 Å². The Kier molecular flexibility index (Phi) is 4.50. The first-order chi connectivity index (χ1) is 9.06. The summed E-state index contributed by atoms with van der Waals surface area (Å²) in [7, 11) is 0. The van der Waals surface area contributed by atoms with Crippen LogP contribution >= 0.6 is 0 Å². The van der Waals surface area contributed by atoms with E-state index in [4.69, 9.17) is 16.2 Å². The molecule has 1 aromatic carbocycles. The summed E-state index contributed by atoms with van der Waals surface area (Å²) in [6.45, 7) is 0.143. The van der Waals surface area contributed by atoms with Crippen molar-refractivity contribution in [2.75, 3.05) is 0 Å². The Morgan fingerprint density at radius 1 is 1.42 bits per heavy atom. The molecule has 104 valence electrons. The zero-order chi connectivity index (χ0) is 13.8. The highest BCUT2D eigenvalue weighted by Crippen LogP contribution is 2.21. The number of amides is 1. The number of rotatable bonds is 4. The van der Waals surface area contributed by atoms with E-state index < -0.39 is 5.91 Å². The summed E-state index contributed by atoms with van der Waals surface area (Å²) >= 11 is 0. The minimum Gasteiger partial charge on any atom is -0.373 e. The molecular formula is C14H19FN2O2. The van der Waals surface area contributed by atoms with Crippen molar-refractivity contribution >= 4 is 5.91 Å². The van der Waals surface area contributed by atoms with E-state index in [1.54, 1.807) is 0 Å². The van der Waals surface area contributed by atoms with Gasteiger partial charge in [0.15, 0.2) is 0 Å². The lowest BCUT2D eigenvalue weighted by molar-refractivity contribution is 0.0110. The zero-order valence-electron chi connectivity index (χ0n) is 10.8. The lowest BCUT2D eigenvalue weighted by Gasteiger charge is -2.26. The second kappa shape index (κ2) is 6.12. The maximum Gasteiger partial charge on any atom is 0.248 e. The van der Waals surface area contributed by atoms with Crippen LogP contribution in [-0.2, 0) is 11.3 Å². The summed E-state index contributed by atoms with van der Waals surface area (Å²) in [5, 5.41) is 0. The number of hydrogen-bond acceptors (Lipinski definition) is 3. The van der Waals surface area contributed by atoms with Gasteiger partial charge in [-0.25, -0.2) is 4.39 Å². The largest absolute Gasteiger partial charge is 0.373 e. The Morgan fingerprint density at radius 2 is 2.21 bits per heavy atom. The fourth-order valence-corrected chi connectivity index (χ4v) is 2.38. The van der Waals surface area contributed by atoms with Crippen molar-refractivity contribution in [3.63, 3.8) is 0 Å². The highest BCUT2D eigenvalue weighted by Gasteiger charge is 2.20. The average Bonchev–Trinajstić information content (AvgIpc) is 2.37. The molecule has 1 amide bonds. The molecule has 0 radical (unpaired) electrons. The lowest BCUT2D eigenvalue weighted by atomic mass is 9.93. The molecule has 0 heterocycles. The minimum absolute atomic E-state index is 0.0698. The highest BCUT2D eigenvalue weighted by molar-refractivity contribution is 5.92. The fraction of sp³-hybridized carbons (Fsp3) is 0.500. The molecule has 1 aliphatic rings. The second-order valence-electron chi connectivity index (χ2n) is 5.03. The van der Waals surface area contributed by atoms with Gasteiger partial charge in [0.2, 0.25) is 5.91 Å². The number of carbonyl (C=O) groups is 1. The molecule has 1 fully saturated rings. The number of primary amides is 1. The van der Waals surface area contributed by atoms with Crippen LogP contribution < -0.4 is 11.5 Å². The summed E-state index contributed by atoms with van der Waals surface area (Å²) in [6, 6.07) is 4.23. The van der Waals surface area contributed by atoms with Gasteiger partial charge < -0.3 is 16.2 Å². The second-order valence-corrected chi connectivity index (χ2v) is 5.03. The number of carbonyl (C=O) groups excluding carboxylic acids is 1. The van der Waals surface area contributed by atoms with Crippen molar-refractivity contribution in [2.24, 2.45) is 11.5 Å². The van der Waals surface area contributed by atoms with E-state index >= 15 is 0 Å². The molecule has 4 N–H and O–H groups in total. The van der Waals surface area contributed by atoms with Gasteiger partial charge in [0.25, 0.3) is 0 Å². The predicted molar refractivity (Wildman–Crippen MR) is 69.9 cm³/mol. The molecule has 5 heteroatoms. The topological polar surface area (TPSA) is 78.3 Å². The van der Waals surface area contributed by atoms with Gasteiger partial charge in [-0.3, -0.25) is 4.79 Å². The Labute approximate surface area is 111 Å². The fourth-order valence-electron chi connectivity index (χ4n) is 2.38. The molecule has 1 aliphatic carbocycles. The molecule has 4 nitrogen and oxygen atoms in total. The van der Waals surface area contributed by atoms with E-state index in [1.807, 2.05) is 0 Å². The van der Waals surface area contributed by atoms with Gasteiger partial charge in [-0.15, -0.1) is 0 Å². The van der Waals surface area contributed by atoms with Gasteiger partial charge in [-0.05, 0) is 43.9 Å². The van der Waals surface area contributed by atoms with Crippen LogP contribution in [0.5, 0.6) is 0 Å². The maximum atomic E-state index is 13.6. The van der Waals surface area contributed by atoms with Crippen LogP contribution in [0.3, 0.4) is 0 Å². The summed E-state index contributed by atoms with van der Waals surface area (Å²) in [6.07, 6.45) is 3.88. The lowest BCUT2D eigenvalue weighted by Crippen LogP contribution is -2.32. The SMILES string of the molecule is NC(=O)c1ccc(F)c(COC2CCCC(N)C2)c1. The third kappa shape index (κ3) is 3.75. The molecule has 2 unspecified atom stereocenters. The van der Waals surface area contributed by atoms with Crippen LogP contribution in [0.4, 0.5) is 4.39 Å². The van der Waals surface area contributed by atoms with Gasteiger partial charge in [-0.2, -0.15) is 0 Å². The van der Waals surface area contributed by atoms with Crippen molar-refractivity contribution in [1.29, 1.82) is 0 Å². The number of halogens is 1. The van der Waals surface area contributed by atoms with Crippen LogP contribution in [0.15, 0.2) is 18.2 Å². The van der Waals surface area contributed by atoms with Gasteiger partial charge in [-0.1, -0.05) is 0 Å². The molecule has 19 heavy (non-hydrogen) atoms. The van der Waals surface area contributed by atoms with Crippen LogP contribution in [-0.4, -0.2) is 18.1 Å². The van der Waals surface area contributed by atoms with Gasteiger partial charge in [0, 0.05) is 17.2 Å². The predicted octanol–water partition coefficient (Wildman–Crippen LogP) is 1.71. The molecule has 1 aromatic rings. The molecule has 2 rings (SSSR count). The third-order valence-corrected chi connectivity index (χ3v) is 3.47. The Hall–Kier alpha value is -1.46. The molecule has 0 saturated heterocycles. The smallest absolute Gasteiger partial charge is 0.248 e. The number of nitrogens with two attached hydrogens (primary N) is 2. The molecule has 0 aliphatic heterocycles. The molecule has 0 aromatic heterocycles. The maximum absolute atomic E-state index is 13.6. The Bertz CT molecular complexity index is 465. The van der Waals surface area contributed by atoms with Gasteiger partial charge in [0.05, 0.1) is 12.7 Å². The first-order valence-electron chi connectivity index (χ1n) is 6.51. The van der Waals surface area contributed by atoms with Crippen LogP contribution in [0.25, 0.3) is 0 Å². The van der Waals surface area contributed by atoms with E-state index in [-0.39, 0.29) is 24.6 Å². The molecule has 2 atom stereocenters. The van der Waals surface area contributed by atoms with Crippen LogP contribution in [0.2, 0.25) is 0 Å². The van der Waals surface area contributed by atoms with E-state index in [2.05, 4.69) is 0 Å². The van der Waals surface area contributed by atoms with Crippen LogP contribution in [0, 0.1) is 5.82 Å². The van der Waals surface area contributed by atoms with Crippen molar-refractivity contribution in [3.05, 3.63) is 35.1 Å². The Morgan fingerprint density at radius 3 is 2.89 bits per heavy atom. The standard InChI is InChI=1S/C14H19FN2O2/c15-13-5-4-9(14(17)18)6-10(13)8-19-12-3-1-2-11(16)7-12/h4-6,11-12H,1-3,7-8,16H2,(H2,17,18). The normalized spacial score (nSPS) is 23.3. The van der Waals surface area contributed by atoms with Crippen molar-refractivity contribution in [2.45, 2.75) is 44.4 Å². The molecule has 0 spiro atoms. The summed E-state index contributed by atoms with van der Waals surface area (Å²) in [5.74, 6) is -0.953. The Balaban J connectivity index is 1.98. The molecule has 0 bridgehead atoms. The average molecular weight is 266 g/mol. The summed E-state index contributed by atoms with van der Waals surface area (Å²) in [5.41, 5.74) is 11.7. The molecular weight excluding hydrogens is 247 g/mol. The number of benzene rings is 1. The first-order valence-corrected chi connectivity index (χ1v) is 6.51. The third-order valence-electron chi connectivity index (χ3n) is 3.47. The van der Waals surface area contributed by atoms with E-state index in [0.717, 1.165) is 25.7 Å². The molecule has 1 saturated carbocycles. The zero-order valence-corrected chi connectivity index (χ0v) is 10.8. The minimum atomic E-state index is -0.569. The quantitative estimate of drug-likeness (QED) is 0.870. The van der Waals surface area contributed by atoms with E-state index in [1.165, 1.54) is 18.2 Å². The monoisotopic (exact) mass is 266 g/mol. The van der Waals surface area contributed by atoms with Gasteiger partial charge >= 0.3 is 0 Å². The summed E-state index contributed by atoms with van der Waals surface area (Å²) in [4.78, 5) is 11.1. The van der Waals surface area contributed by atoms with Crippen molar-refractivity contribution < 1.29 is 13.9 Å². The van der Waals surface area contributed by atoms with E-state index in [0.29, 0.717) is 11.1 Å². The van der Waals surface area contributed by atoms with Crippen molar-refractivity contribution in [1.82, 2.24) is 0 Å². The first kappa shape index (κ1) is 14.0. The van der Waals surface area contributed by atoms with Crippen LogP contribution in [0.1, 0.15) is 41.6 Å². The van der Waals surface area contributed by atoms with Gasteiger partial charge in [0.1, 0.15) is 5.82 Å². The number of ether oxygens (including phenoxy) is 1. The summed E-state index contributed by atoms with van der Waals surface area (Å²) < 4.78 is 19.3. The number of hydrogen-bond donors (Lipinski definition) is 2.